The van der Waals surface area contributed by atoms with Crippen LogP contribution >= 0.6 is 0 Å². The lowest BCUT2D eigenvalue weighted by molar-refractivity contribution is 0.0644. The van der Waals surface area contributed by atoms with E-state index in [1.54, 1.807) is 6.92 Å². The van der Waals surface area contributed by atoms with Crippen molar-refractivity contribution in [1.82, 2.24) is 9.88 Å². The lowest BCUT2D eigenvalue weighted by atomic mass is 9.94. The molecule has 2 heterocycles. The predicted molar refractivity (Wildman–Crippen MR) is 85.3 cm³/mol. The lowest BCUT2D eigenvalue weighted by Crippen LogP contribution is -2.39. The number of carbonyl (C=O) groups excluding carboxylic acids is 2. The Morgan fingerprint density at radius 1 is 1.32 bits per heavy atom. The van der Waals surface area contributed by atoms with Crippen molar-refractivity contribution in [2.75, 3.05) is 19.7 Å². The molecule has 22 heavy (non-hydrogen) atoms. The first-order valence-electron chi connectivity index (χ1n) is 8.00. The number of hydrogen-bond donors (Lipinski definition) is 2. The van der Waals surface area contributed by atoms with Gasteiger partial charge in [0.05, 0.1) is 0 Å². The number of hydrogen-bond acceptors (Lipinski definition) is 3. The summed E-state index contributed by atoms with van der Waals surface area (Å²) < 4.78 is 0. The molecular formula is C17H26N2O3. The highest BCUT2D eigenvalue weighted by Crippen LogP contribution is 2.29. The Morgan fingerprint density at radius 2 is 1.91 bits per heavy atom. The van der Waals surface area contributed by atoms with Crippen LogP contribution in [0.1, 0.15) is 71.6 Å². The molecule has 0 radical (unpaired) electrons. The number of aliphatic hydroxyl groups excluding tert-OH is 1. The highest BCUT2D eigenvalue weighted by atomic mass is 16.3. The van der Waals surface area contributed by atoms with Crippen molar-refractivity contribution in [3.63, 3.8) is 0 Å². The van der Waals surface area contributed by atoms with Gasteiger partial charge in [0.1, 0.15) is 5.69 Å². The molecule has 0 unspecified atom stereocenters. The molecule has 2 N–H and O–H groups in total. The number of H-pyrrole nitrogens is 1. The quantitative estimate of drug-likeness (QED) is 0.839. The molecule has 0 aromatic carbocycles. The number of aliphatic hydroxyl groups is 1. The van der Waals surface area contributed by atoms with Crippen LogP contribution in [-0.4, -0.2) is 46.4 Å². The summed E-state index contributed by atoms with van der Waals surface area (Å²) in [5.74, 6) is 0.371. The predicted octanol–water partition coefficient (Wildman–Crippen LogP) is 2.49. The van der Waals surface area contributed by atoms with Gasteiger partial charge >= 0.3 is 0 Å². The number of nitrogens with zero attached hydrogens (tertiary/aromatic N) is 1. The Bertz CT molecular complexity index is 567. The van der Waals surface area contributed by atoms with Crippen LogP contribution in [-0.2, 0) is 0 Å². The van der Waals surface area contributed by atoms with Crippen LogP contribution in [0.2, 0.25) is 0 Å². The maximum atomic E-state index is 12.8. The summed E-state index contributed by atoms with van der Waals surface area (Å²) in [6, 6.07) is 0. The van der Waals surface area contributed by atoms with Gasteiger partial charge in [0.25, 0.3) is 5.91 Å². The van der Waals surface area contributed by atoms with E-state index < -0.39 is 0 Å². The van der Waals surface area contributed by atoms with Gasteiger partial charge in [-0.1, -0.05) is 13.8 Å². The van der Waals surface area contributed by atoms with E-state index in [9.17, 15) is 14.7 Å². The number of likely N-dealkylation sites (tertiary alicyclic amines) is 1. The molecule has 0 bridgehead atoms. The van der Waals surface area contributed by atoms with E-state index in [0.29, 0.717) is 30.3 Å². The molecule has 0 spiro atoms. The second-order valence-electron chi connectivity index (χ2n) is 6.54. The third-order valence-corrected chi connectivity index (χ3v) is 4.53. The highest BCUT2D eigenvalue weighted by molar-refractivity contribution is 6.03. The van der Waals surface area contributed by atoms with E-state index >= 15 is 0 Å². The number of aromatic amines is 1. The first-order chi connectivity index (χ1) is 10.4. The van der Waals surface area contributed by atoms with Crippen molar-refractivity contribution in [2.24, 2.45) is 5.92 Å². The first-order valence-corrected chi connectivity index (χ1v) is 8.00. The Balaban J connectivity index is 2.30. The number of ketones is 1. The molecule has 1 aliphatic rings. The molecule has 1 saturated heterocycles. The molecule has 1 aromatic heterocycles. The molecule has 0 aliphatic carbocycles. The van der Waals surface area contributed by atoms with Gasteiger partial charge in [-0.15, -0.1) is 0 Å². The molecule has 1 aliphatic heterocycles. The van der Waals surface area contributed by atoms with Gasteiger partial charge < -0.3 is 15.0 Å². The van der Waals surface area contributed by atoms with Gasteiger partial charge in [-0.2, -0.15) is 0 Å². The zero-order valence-electron chi connectivity index (χ0n) is 13.9. The van der Waals surface area contributed by atoms with Crippen LogP contribution in [0.3, 0.4) is 0 Å². The first kappa shape index (κ1) is 16.7. The minimum atomic E-state index is -0.0318. The van der Waals surface area contributed by atoms with Gasteiger partial charge in [-0.25, -0.2) is 0 Å². The monoisotopic (exact) mass is 306 g/mol. The fourth-order valence-electron chi connectivity index (χ4n) is 3.32. The standard InChI is InChI=1S/C17H26N2O3/c1-10(2)14-15(12(4)21)11(3)18-16(14)17(22)19-7-5-13(9-20)6-8-19/h10,13,18,20H,5-9H2,1-4H3. The van der Waals surface area contributed by atoms with Gasteiger partial charge in [0.2, 0.25) is 0 Å². The molecule has 5 nitrogen and oxygen atoms in total. The Hall–Kier alpha value is -1.62. The maximum absolute atomic E-state index is 12.8. The van der Waals surface area contributed by atoms with Crippen LogP contribution < -0.4 is 0 Å². The number of rotatable bonds is 4. The number of nitrogens with one attached hydrogen (secondary N) is 1. The number of piperidine rings is 1. The van der Waals surface area contributed by atoms with Crippen LogP contribution in [0.25, 0.3) is 0 Å². The van der Waals surface area contributed by atoms with Crippen molar-refractivity contribution < 1.29 is 14.7 Å². The third kappa shape index (κ3) is 3.09. The molecule has 0 saturated carbocycles. The van der Waals surface area contributed by atoms with Crippen molar-refractivity contribution in [3.05, 3.63) is 22.5 Å². The van der Waals surface area contributed by atoms with Gasteiger partial charge in [0.15, 0.2) is 5.78 Å². The van der Waals surface area contributed by atoms with Crippen molar-refractivity contribution in [1.29, 1.82) is 0 Å². The van der Waals surface area contributed by atoms with Gasteiger partial charge in [-0.05, 0) is 44.1 Å². The summed E-state index contributed by atoms with van der Waals surface area (Å²) in [6.45, 7) is 8.91. The van der Waals surface area contributed by atoms with E-state index in [4.69, 9.17) is 0 Å². The molecular weight excluding hydrogens is 280 g/mol. The summed E-state index contributed by atoms with van der Waals surface area (Å²) in [5, 5.41) is 9.20. The highest BCUT2D eigenvalue weighted by Gasteiger charge is 2.29. The van der Waals surface area contributed by atoms with Crippen LogP contribution in [0.4, 0.5) is 0 Å². The number of carbonyl (C=O) groups is 2. The van der Waals surface area contributed by atoms with E-state index in [-0.39, 0.29) is 24.2 Å². The topological polar surface area (TPSA) is 73.4 Å². The average molecular weight is 306 g/mol. The number of amides is 1. The average Bonchev–Trinajstić information content (AvgIpc) is 2.84. The number of aromatic nitrogens is 1. The second kappa shape index (κ2) is 6.65. The zero-order valence-corrected chi connectivity index (χ0v) is 13.9. The SMILES string of the molecule is CC(=O)c1c(C)[nH]c(C(=O)N2CCC(CO)CC2)c1C(C)C. The summed E-state index contributed by atoms with van der Waals surface area (Å²) >= 11 is 0. The molecule has 1 amide bonds. The lowest BCUT2D eigenvalue weighted by Gasteiger charge is -2.31. The Labute approximate surface area is 131 Å². The van der Waals surface area contributed by atoms with E-state index in [1.807, 2.05) is 25.7 Å². The number of Topliss-reactive ketones (excluding diaryl/α,β-unsaturated/α-hetero) is 1. The molecule has 5 heteroatoms. The summed E-state index contributed by atoms with van der Waals surface area (Å²) in [4.78, 5) is 29.7. The molecule has 1 fully saturated rings. The minimum Gasteiger partial charge on any atom is -0.396 e. The second-order valence-corrected chi connectivity index (χ2v) is 6.54. The van der Waals surface area contributed by atoms with Crippen LogP contribution in [0, 0.1) is 12.8 Å². The molecule has 1 aromatic rings. The largest absolute Gasteiger partial charge is 0.396 e. The Morgan fingerprint density at radius 3 is 2.36 bits per heavy atom. The van der Waals surface area contributed by atoms with Crippen molar-refractivity contribution in [2.45, 2.75) is 46.5 Å². The normalized spacial score (nSPS) is 16.4. The third-order valence-electron chi connectivity index (χ3n) is 4.53. The summed E-state index contributed by atoms with van der Waals surface area (Å²) in [5.41, 5.74) is 2.81. The molecule has 122 valence electrons. The maximum Gasteiger partial charge on any atom is 0.270 e. The minimum absolute atomic E-state index is 0.00418. The molecule has 0 atom stereocenters. The van der Waals surface area contributed by atoms with Crippen LogP contribution in [0.15, 0.2) is 0 Å². The van der Waals surface area contributed by atoms with Gasteiger partial charge in [0, 0.05) is 31.0 Å². The van der Waals surface area contributed by atoms with Crippen LogP contribution in [0.5, 0.6) is 0 Å². The van der Waals surface area contributed by atoms with Crippen molar-refractivity contribution >= 4 is 11.7 Å². The fraction of sp³-hybridized carbons (Fsp3) is 0.647. The fourth-order valence-corrected chi connectivity index (χ4v) is 3.32. The Kier molecular flexibility index (Phi) is 5.06. The van der Waals surface area contributed by atoms with Gasteiger partial charge in [-0.3, -0.25) is 9.59 Å². The van der Waals surface area contributed by atoms with E-state index in [1.165, 1.54) is 0 Å². The smallest absolute Gasteiger partial charge is 0.270 e. The summed E-state index contributed by atoms with van der Waals surface area (Å²) in [7, 11) is 0. The molecule has 2 rings (SSSR count). The van der Waals surface area contributed by atoms with E-state index in [2.05, 4.69) is 4.98 Å². The van der Waals surface area contributed by atoms with E-state index in [0.717, 1.165) is 24.1 Å². The summed E-state index contributed by atoms with van der Waals surface area (Å²) in [6.07, 6.45) is 1.66. The number of aryl methyl sites for hydroxylation is 1. The zero-order chi connectivity index (χ0) is 16.4. The van der Waals surface area contributed by atoms with Crippen molar-refractivity contribution in [3.8, 4) is 0 Å².